The molecule has 2 N–H and O–H groups in total. The minimum atomic E-state index is 0.136. The predicted molar refractivity (Wildman–Crippen MR) is 59.3 cm³/mol. The molecule has 0 rings (SSSR count). The second-order valence-electron chi connectivity index (χ2n) is 3.65. The number of nitrogens with one attached hydrogen (secondary N) is 2. The molecule has 0 aromatic heterocycles. The van der Waals surface area contributed by atoms with Gasteiger partial charge < -0.3 is 15.5 Å². The maximum atomic E-state index is 11.2. The number of nitrogens with zero attached hydrogens (tertiary/aromatic N) is 1. The van der Waals surface area contributed by atoms with Gasteiger partial charge in [0.15, 0.2) is 0 Å². The fourth-order valence-electron chi connectivity index (χ4n) is 1.01. The fourth-order valence-corrected chi connectivity index (χ4v) is 1.01. The molecule has 0 aliphatic rings. The van der Waals surface area contributed by atoms with Gasteiger partial charge in [-0.1, -0.05) is 6.92 Å². The van der Waals surface area contributed by atoms with Gasteiger partial charge in [-0.2, -0.15) is 0 Å². The third kappa shape index (κ3) is 9.48. The van der Waals surface area contributed by atoms with Crippen molar-refractivity contribution in [3.05, 3.63) is 0 Å². The molecule has 0 fully saturated rings. The van der Waals surface area contributed by atoms with E-state index in [1.165, 1.54) is 0 Å². The van der Waals surface area contributed by atoms with Crippen LogP contribution in [0.4, 0.5) is 0 Å². The van der Waals surface area contributed by atoms with Crippen LogP contribution in [0.5, 0.6) is 0 Å². The SMILES string of the molecule is CCCNCCNC(=O)CCN(C)C. The Morgan fingerprint density at radius 2 is 1.93 bits per heavy atom. The number of carbonyl (C=O) groups is 1. The zero-order chi connectivity index (χ0) is 10.8. The summed E-state index contributed by atoms with van der Waals surface area (Å²) < 4.78 is 0. The molecular weight excluding hydrogens is 178 g/mol. The summed E-state index contributed by atoms with van der Waals surface area (Å²) in [5.74, 6) is 0.136. The van der Waals surface area contributed by atoms with Gasteiger partial charge in [0, 0.05) is 26.1 Å². The summed E-state index contributed by atoms with van der Waals surface area (Å²) in [7, 11) is 3.94. The number of amides is 1. The third-order valence-corrected chi connectivity index (χ3v) is 1.84. The van der Waals surface area contributed by atoms with Gasteiger partial charge in [-0.25, -0.2) is 0 Å². The van der Waals surface area contributed by atoms with Crippen LogP contribution in [-0.4, -0.2) is 51.1 Å². The van der Waals surface area contributed by atoms with E-state index in [0.29, 0.717) is 6.42 Å². The Labute approximate surface area is 87.0 Å². The number of carbonyl (C=O) groups excluding carboxylic acids is 1. The monoisotopic (exact) mass is 201 g/mol. The number of rotatable bonds is 8. The van der Waals surface area contributed by atoms with E-state index in [-0.39, 0.29) is 5.91 Å². The second-order valence-corrected chi connectivity index (χ2v) is 3.65. The van der Waals surface area contributed by atoms with Crippen LogP contribution in [-0.2, 0) is 4.79 Å². The Kier molecular flexibility index (Phi) is 8.57. The predicted octanol–water partition coefficient (Wildman–Crippen LogP) is 0.0539. The highest BCUT2D eigenvalue weighted by Crippen LogP contribution is 1.82. The minimum absolute atomic E-state index is 0.136. The Morgan fingerprint density at radius 3 is 2.50 bits per heavy atom. The maximum absolute atomic E-state index is 11.2. The Hall–Kier alpha value is -0.610. The topological polar surface area (TPSA) is 44.4 Å². The summed E-state index contributed by atoms with van der Waals surface area (Å²) in [4.78, 5) is 13.2. The highest BCUT2D eigenvalue weighted by Gasteiger charge is 2.00. The molecule has 0 aromatic carbocycles. The van der Waals surface area contributed by atoms with Crippen molar-refractivity contribution in [2.75, 3.05) is 40.3 Å². The molecule has 0 saturated carbocycles. The van der Waals surface area contributed by atoms with Gasteiger partial charge in [0.2, 0.25) is 5.91 Å². The largest absolute Gasteiger partial charge is 0.355 e. The van der Waals surface area contributed by atoms with Crippen LogP contribution in [0.15, 0.2) is 0 Å². The summed E-state index contributed by atoms with van der Waals surface area (Å²) >= 11 is 0. The molecule has 4 nitrogen and oxygen atoms in total. The van der Waals surface area contributed by atoms with Crippen molar-refractivity contribution < 1.29 is 4.79 Å². The lowest BCUT2D eigenvalue weighted by Crippen LogP contribution is -2.33. The van der Waals surface area contributed by atoms with E-state index in [9.17, 15) is 4.79 Å². The number of hydrogen-bond donors (Lipinski definition) is 2. The molecule has 0 atom stereocenters. The molecule has 4 heteroatoms. The minimum Gasteiger partial charge on any atom is -0.355 e. The highest BCUT2D eigenvalue weighted by molar-refractivity contribution is 5.76. The summed E-state index contributed by atoms with van der Waals surface area (Å²) in [6.45, 7) is 5.55. The van der Waals surface area contributed by atoms with E-state index in [0.717, 1.165) is 32.6 Å². The van der Waals surface area contributed by atoms with Crippen molar-refractivity contribution >= 4 is 5.91 Å². The van der Waals surface area contributed by atoms with Crippen LogP contribution in [0, 0.1) is 0 Å². The lowest BCUT2D eigenvalue weighted by molar-refractivity contribution is -0.121. The van der Waals surface area contributed by atoms with Crippen LogP contribution in [0.25, 0.3) is 0 Å². The lowest BCUT2D eigenvalue weighted by atomic mass is 10.4. The molecule has 14 heavy (non-hydrogen) atoms. The van der Waals surface area contributed by atoms with E-state index >= 15 is 0 Å². The molecule has 0 saturated heterocycles. The first-order chi connectivity index (χ1) is 6.66. The van der Waals surface area contributed by atoms with E-state index in [1.54, 1.807) is 0 Å². The molecule has 0 aromatic rings. The van der Waals surface area contributed by atoms with E-state index in [1.807, 2.05) is 19.0 Å². The van der Waals surface area contributed by atoms with Gasteiger partial charge in [0.05, 0.1) is 0 Å². The average molecular weight is 201 g/mol. The highest BCUT2D eigenvalue weighted by atomic mass is 16.1. The van der Waals surface area contributed by atoms with Crippen molar-refractivity contribution in [3.63, 3.8) is 0 Å². The maximum Gasteiger partial charge on any atom is 0.221 e. The first-order valence-corrected chi connectivity index (χ1v) is 5.29. The summed E-state index contributed by atoms with van der Waals surface area (Å²) in [5.41, 5.74) is 0. The Morgan fingerprint density at radius 1 is 1.21 bits per heavy atom. The molecule has 0 aliphatic heterocycles. The van der Waals surface area contributed by atoms with Crippen LogP contribution < -0.4 is 10.6 Å². The molecule has 84 valence electrons. The molecule has 0 radical (unpaired) electrons. The van der Waals surface area contributed by atoms with Crippen molar-refractivity contribution in [2.45, 2.75) is 19.8 Å². The smallest absolute Gasteiger partial charge is 0.221 e. The molecule has 0 bridgehead atoms. The fraction of sp³-hybridized carbons (Fsp3) is 0.900. The van der Waals surface area contributed by atoms with Crippen molar-refractivity contribution in [1.82, 2.24) is 15.5 Å². The zero-order valence-electron chi connectivity index (χ0n) is 9.60. The van der Waals surface area contributed by atoms with Crippen molar-refractivity contribution in [3.8, 4) is 0 Å². The molecule has 0 aliphatic carbocycles. The van der Waals surface area contributed by atoms with Gasteiger partial charge >= 0.3 is 0 Å². The van der Waals surface area contributed by atoms with Crippen molar-refractivity contribution in [2.24, 2.45) is 0 Å². The molecular formula is C10H23N3O. The lowest BCUT2D eigenvalue weighted by Gasteiger charge is -2.09. The third-order valence-electron chi connectivity index (χ3n) is 1.84. The first-order valence-electron chi connectivity index (χ1n) is 5.29. The van der Waals surface area contributed by atoms with Crippen LogP contribution in [0.1, 0.15) is 19.8 Å². The van der Waals surface area contributed by atoms with Gasteiger partial charge in [-0.3, -0.25) is 4.79 Å². The quantitative estimate of drug-likeness (QED) is 0.546. The zero-order valence-corrected chi connectivity index (χ0v) is 9.60. The molecule has 0 unspecified atom stereocenters. The van der Waals surface area contributed by atoms with Crippen LogP contribution in [0.3, 0.4) is 0 Å². The van der Waals surface area contributed by atoms with Gasteiger partial charge in [-0.05, 0) is 27.1 Å². The standard InChI is InChI=1S/C10H23N3O/c1-4-6-11-7-8-12-10(14)5-9-13(2)3/h11H,4-9H2,1-3H3,(H,12,14). The Bertz CT molecular complexity index is 148. The summed E-state index contributed by atoms with van der Waals surface area (Å²) in [6.07, 6.45) is 1.72. The second kappa shape index (κ2) is 8.97. The summed E-state index contributed by atoms with van der Waals surface area (Å²) in [6, 6.07) is 0. The van der Waals surface area contributed by atoms with Crippen LogP contribution in [0.2, 0.25) is 0 Å². The average Bonchev–Trinajstić information content (AvgIpc) is 2.14. The van der Waals surface area contributed by atoms with Crippen LogP contribution >= 0.6 is 0 Å². The normalized spacial score (nSPS) is 10.6. The van der Waals surface area contributed by atoms with E-state index in [2.05, 4.69) is 17.6 Å². The van der Waals surface area contributed by atoms with Gasteiger partial charge in [0.25, 0.3) is 0 Å². The van der Waals surface area contributed by atoms with E-state index < -0.39 is 0 Å². The molecule has 1 amide bonds. The molecule has 0 heterocycles. The van der Waals surface area contributed by atoms with Gasteiger partial charge in [0.1, 0.15) is 0 Å². The Balaban J connectivity index is 3.18. The first kappa shape index (κ1) is 13.4. The summed E-state index contributed by atoms with van der Waals surface area (Å²) in [5, 5.41) is 6.10. The number of hydrogen-bond acceptors (Lipinski definition) is 3. The van der Waals surface area contributed by atoms with E-state index in [4.69, 9.17) is 0 Å². The van der Waals surface area contributed by atoms with Crippen molar-refractivity contribution in [1.29, 1.82) is 0 Å². The molecule has 0 spiro atoms. The van der Waals surface area contributed by atoms with Gasteiger partial charge in [-0.15, -0.1) is 0 Å².